The van der Waals surface area contributed by atoms with Crippen LogP contribution < -0.4 is 4.72 Å². The van der Waals surface area contributed by atoms with Gasteiger partial charge in [-0.1, -0.05) is 6.07 Å². The largest absolute Gasteiger partial charge is 0.278 e. The Bertz CT molecular complexity index is 1670. The molecule has 3 aromatic heterocycles. The Morgan fingerprint density at radius 1 is 0.909 bits per heavy atom. The maximum atomic E-state index is 14.1. The van der Waals surface area contributed by atoms with Crippen molar-refractivity contribution in [1.82, 2.24) is 24.6 Å². The van der Waals surface area contributed by atoms with Crippen molar-refractivity contribution in [3.8, 4) is 11.1 Å². The number of aryl methyl sites for hydroxylation is 2. The zero-order valence-corrected chi connectivity index (χ0v) is 18.2. The highest BCUT2D eigenvalue weighted by Crippen LogP contribution is 2.29. The van der Waals surface area contributed by atoms with Gasteiger partial charge in [0.05, 0.1) is 28.6 Å². The minimum atomic E-state index is -4.31. The molecule has 0 aliphatic carbocycles. The number of pyridine rings is 1. The Kier molecular flexibility index (Phi) is 4.78. The zero-order valence-electron chi connectivity index (χ0n) is 17.4. The molecule has 5 aromatic rings. The van der Waals surface area contributed by atoms with Crippen molar-refractivity contribution in [3.63, 3.8) is 0 Å². The van der Waals surface area contributed by atoms with Crippen LogP contribution in [0.2, 0.25) is 0 Å². The minimum Gasteiger partial charge on any atom is -0.278 e. The highest BCUT2D eigenvalue weighted by molar-refractivity contribution is 7.92. The summed E-state index contributed by atoms with van der Waals surface area (Å²) in [4.78, 5) is 8.03. The number of hydrogen-bond acceptors (Lipinski definition) is 6. The third kappa shape index (κ3) is 3.65. The molecule has 0 bridgehead atoms. The summed E-state index contributed by atoms with van der Waals surface area (Å²) >= 11 is 0. The van der Waals surface area contributed by atoms with Crippen molar-refractivity contribution in [2.24, 2.45) is 0 Å². The molecule has 0 atom stereocenters. The van der Waals surface area contributed by atoms with Crippen LogP contribution in [-0.4, -0.2) is 33.0 Å². The van der Waals surface area contributed by atoms with Gasteiger partial charge in [-0.3, -0.25) is 19.1 Å². The summed E-state index contributed by atoms with van der Waals surface area (Å²) in [5, 5.41) is 8.17. The van der Waals surface area contributed by atoms with Gasteiger partial charge in [0, 0.05) is 17.8 Å². The van der Waals surface area contributed by atoms with E-state index < -0.39 is 26.6 Å². The van der Waals surface area contributed by atoms with Gasteiger partial charge >= 0.3 is 0 Å². The van der Waals surface area contributed by atoms with Crippen LogP contribution in [0.4, 0.5) is 14.5 Å². The van der Waals surface area contributed by atoms with Crippen LogP contribution in [0.1, 0.15) is 11.5 Å². The molecule has 2 aromatic carbocycles. The fourth-order valence-corrected chi connectivity index (χ4v) is 4.73. The van der Waals surface area contributed by atoms with Gasteiger partial charge in [0.1, 0.15) is 22.4 Å². The number of anilines is 1. The molecule has 166 valence electrons. The molecule has 5 rings (SSSR count). The topological polar surface area (TPSA) is 102 Å². The van der Waals surface area contributed by atoms with E-state index in [1.165, 1.54) is 0 Å². The number of halogens is 2. The molecule has 0 unspecified atom stereocenters. The molecule has 0 saturated heterocycles. The number of nitrogens with one attached hydrogen (secondary N) is 1. The molecule has 11 heteroatoms. The smallest absolute Gasteiger partial charge is 0.264 e. The van der Waals surface area contributed by atoms with Crippen molar-refractivity contribution < 1.29 is 17.2 Å². The summed E-state index contributed by atoms with van der Waals surface area (Å²) < 4.78 is 57.0. The lowest BCUT2D eigenvalue weighted by Crippen LogP contribution is -2.16. The summed E-state index contributed by atoms with van der Waals surface area (Å²) in [6.07, 6.45) is 3.25. The first kappa shape index (κ1) is 20.9. The van der Waals surface area contributed by atoms with Gasteiger partial charge in [0.25, 0.3) is 10.0 Å². The molecule has 3 heterocycles. The van der Waals surface area contributed by atoms with E-state index in [0.717, 1.165) is 28.7 Å². The average molecular weight is 466 g/mol. The van der Waals surface area contributed by atoms with E-state index in [1.807, 2.05) is 29.5 Å². The van der Waals surface area contributed by atoms with Gasteiger partial charge < -0.3 is 0 Å². The number of sulfonamides is 1. The summed E-state index contributed by atoms with van der Waals surface area (Å²) in [7, 11) is -4.31. The van der Waals surface area contributed by atoms with Crippen LogP contribution >= 0.6 is 0 Å². The molecular weight excluding hydrogens is 450 g/mol. The standard InChI is InChI=1S/C22H16F2N6O2S/c1-12-19(29-33(31,32)21-6-4-16(23)9-17(21)24)7-15(10-25-12)14-3-5-18-20(8-14)30-13(2)27-28-22(30)11-26-18/h3-11,29H,1-2H3. The third-order valence-corrected chi connectivity index (χ3v) is 6.63. The maximum Gasteiger partial charge on any atom is 0.264 e. The fourth-order valence-electron chi connectivity index (χ4n) is 3.57. The molecule has 0 aliphatic rings. The Labute approximate surface area is 187 Å². The van der Waals surface area contributed by atoms with Crippen molar-refractivity contribution >= 4 is 32.4 Å². The van der Waals surface area contributed by atoms with E-state index in [2.05, 4.69) is 24.9 Å². The second-order valence-corrected chi connectivity index (χ2v) is 9.09. The van der Waals surface area contributed by atoms with E-state index in [9.17, 15) is 17.2 Å². The maximum absolute atomic E-state index is 14.1. The van der Waals surface area contributed by atoms with Crippen molar-refractivity contribution in [1.29, 1.82) is 0 Å². The Balaban J connectivity index is 1.58. The highest BCUT2D eigenvalue weighted by Gasteiger charge is 2.21. The van der Waals surface area contributed by atoms with Gasteiger partial charge in [0.15, 0.2) is 5.65 Å². The average Bonchev–Trinajstić information content (AvgIpc) is 3.16. The Morgan fingerprint density at radius 3 is 2.52 bits per heavy atom. The molecule has 0 amide bonds. The Hall–Kier alpha value is -3.99. The predicted molar refractivity (Wildman–Crippen MR) is 118 cm³/mol. The van der Waals surface area contributed by atoms with E-state index >= 15 is 0 Å². The molecule has 1 N–H and O–H groups in total. The quantitative estimate of drug-likeness (QED) is 0.429. The number of aromatic nitrogens is 5. The molecular formula is C22H16F2N6O2S. The minimum absolute atomic E-state index is 0.174. The number of nitrogens with zero attached hydrogens (tertiary/aromatic N) is 5. The number of fused-ring (bicyclic) bond motifs is 3. The predicted octanol–water partition coefficient (Wildman–Crippen LogP) is 4.04. The molecule has 0 aliphatic heterocycles. The lowest BCUT2D eigenvalue weighted by molar-refractivity contribution is 0.551. The van der Waals surface area contributed by atoms with Gasteiger partial charge in [0.2, 0.25) is 0 Å². The summed E-state index contributed by atoms with van der Waals surface area (Å²) in [5.74, 6) is -1.35. The number of benzene rings is 2. The van der Waals surface area contributed by atoms with E-state index in [0.29, 0.717) is 28.8 Å². The first-order chi connectivity index (χ1) is 15.7. The number of rotatable bonds is 4. The van der Waals surface area contributed by atoms with Crippen LogP contribution in [0.3, 0.4) is 0 Å². The van der Waals surface area contributed by atoms with Crippen molar-refractivity contribution in [2.45, 2.75) is 18.7 Å². The molecule has 8 nitrogen and oxygen atoms in total. The van der Waals surface area contributed by atoms with Crippen LogP contribution in [0, 0.1) is 25.5 Å². The first-order valence-electron chi connectivity index (χ1n) is 9.78. The van der Waals surface area contributed by atoms with Gasteiger partial charge in [-0.2, -0.15) is 0 Å². The Morgan fingerprint density at radius 2 is 1.73 bits per heavy atom. The molecule has 33 heavy (non-hydrogen) atoms. The normalized spacial score (nSPS) is 11.9. The van der Waals surface area contributed by atoms with Crippen LogP contribution in [0.5, 0.6) is 0 Å². The molecule has 0 fully saturated rings. The lowest BCUT2D eigenvalue weighted by atomic mass is 10.1. The van der Waals surface area contributed by atoms with Gasteiger partial charge in [-0.05, 0) is 49.7 Å². The van der Waals surface area contributed by atoms with Gasteiger partial charge in [-0.15, -0.1) is 10.2 Å². The first-order valence-corrected chi connectivity index (χ1v) is 11.3. The lowest BCUT2D eigenvalue weighted by Gasteiger charge is -2.13. The summed E-state index contributed by atoms with van der Waals surface area (Å²) in [6, 6.07) is 9.45. The zero-order chi connectivity index (χ0) is 23.3. The fraction of sp³-hybridized carbons (Fsp3) is 0.0909. The molecule has 0 saturated carbocycles. The SMILES string of the molecule is Cc1ncc(-c2ccc3ncc4nnc(C)n4c3c2)cc1NS(=O)(=O)c1ccc(F)cc1F. The highest BCUT2D eigenvalue weighted by atomic mass is 32.2. The number of hydrogen-bond donors (Lipinski definition) is 1. The second kappa shape index (κ2) is 7.55. The third-order valence-electron chi connectivity index (χ3n) is 5.23. The monoisotopic (exact) mass is 466 g/mol. The van der Waals surface area contributed by atoms with E-state index in [-0.39, 0.29) is 5.69 Å². The van der Waals surface area contributed by atoms with Crippen molar-refractivity contribution in [3.05, 3.63) is 78.0 Å². The van der Waals surface area contributed by atoms with Crippen LogP contribution in [0.15, 0.2) is 59.8 Å². The molecule has 0 spiro atoms. The van der Waals surface area contributed by atoms with Crippen molar-refractivity contribution in [2.75, 3.05) is 4.72 Å². The second-order valence-electron chi connectivity index (χ2n) is 7.44. The molecule has 0 radical (unpaired) electrons. The van der Waals surface area contributed by atoms with Gasteiger partial charge in [-0.25, -0.2) is 17.2 Å². The van der Waals surface area contributed by atoms with Crippen LogP contribution in [0.25, 0.3) is 27.8 Å². The van der Waals surface area contributed by atoms with E-state index in [1.54, 1.807) is 25.4 Å². The van der Waals surface area contributed by atoms with E-state index in [4.69, 9.17) is 0 Å². The summed E-state index contributed by atoms with van der Waals surface area (Å²) in [5.41, 5.74) is 4.07. The summed E-state index contributed by atoms with van der Waals surface area (Å²) in [6.45, 7) is 3.46. The van der Waals surface area contributed by atoms with Crippen LogP contribution in [-0.2, 0) is 10.0 Å².